The minimum absolute atomic E-state index is 0.197. The van der Waals surface area contributed by atoms with E-state index in [9.17, 15) is 26.7 Å². The number of rotatable bonds is 5. The molecule has 5 nitrogen and oxygen atoms in total. The molecule has 0 aliphatic carbocycles. The van der Waals surface area contributed by atoms with Gasteiger partial charge in [0, 0.05) is 19.1 Å². The van der Waals surface area contributed by atoms with Gasteiger partial charge in [0.1, 0.15) is 0 Å². The zero-order valence-electron chi connectivity index (χ0n) is 15.7. The second-order valence-corrected chi connectivity index (χ2v) is 7.09. The minimum Gasteiger partial charge on any atom is -0.349 e. The van der Waals surface area contributed by atoms with Gasteiger partial charge in [0.05, 0.1) is 24.0 Å². The summed E-state index contributed by atoms with van der Waals surface area (Å²) in [5, 5.41) is 6.37. The summed E-state index contributed by atoms with van der Waals surface area (Å²) >= 11 is 0. The molecule has 0 saturated carbocycles. The van der Waals surface area contributed by atoms with Crippen LogP contribution in [-0.2, 0) is 6.18 Å². The Bertz CT molecular complexity index is 839. The van der Waals surface area contributed by atoms with E-state index in [0.717, 1.165) is 11.8 Å². The summed E-state index contributed by atoms with van der Waals surface area (Å²) in [6, 6.07) is 5.93. The molecule has 2 aromatic rings. The summed E-state index contributed by atoms with van der Waals surface area (Å²) in [6.45, 7) is 2.17. The first-order chi connectivity index (χ1) is 13.6. The van der Waals surface area contributed by atoms with Gasteiger partial charge in [-0.25, -0.2) is 13.5 Å². The molecule has 1 aliphatic heterocycles. The van der Waals surface area contributed by atoms with Gasteiger partial charge in [0.2, 0.25) is 0 Å². The number of halogens is 5. The summed E-state index contributed by atoms with van der Waals surface area (Å²) < 4.78 is 66.7. The topological polar surface area (TPSA) is 50.2 Å². The summed E-state index contributed by atoms with van der Waals surface area (Å²) in [5.41, 5.74) is -0.630. The maximum atomic E-state index is 13.7. The average molecular weight is 416 g/mol. The van der Waals surface area contributed by atoms with E-state index in [1.54, 1.807) is 17.0 Å². The molecule has 1 fully saturated rings. The average Bonchev–Trinajstić information content (AvgIpc) is 3.09. The molecule has 0 unspecified atom stereocenters. The van der Waals surface area contributed by atoms with Crippen molar-refractivity contribution < 1.29 is 26.7 Å². The first-order valence-corrected chi connectivity index (χ1v) is 9.19. The lowest BCUT2D eigenvalue weighted by atomic mass is 10.0. The lowest BCUT2D eigenvalue weighted by Gasteiger charge is -2.32. The van der Waals surface area contributed by atoms with Crippen LogP contribution >= 0.6 is 0 Å². The van der Waals surface area contributed by atoms with Crippen LogP contribution in [0.5, 0.6) is 0 Å². The third-order valence-corrected chi connectivity index (χ3v) is 4.88. The number of alkyl halides is 5. The number of carbonyl (C=O) groups excluding carboxylic acids is 1. The van der Waals surface area contributed by atoms with Crippen molar-refractivity contribution in [1.29, 1.82) is 0 Å². The van der Waals surface area contributed by atoms with Crippen LogP contribution in [0.1, 0.15) is 34.5 Å². The van der Waals surface area contributed by atoms with Gasteiger partial charge in [-0.05, 0) is 31.9 Å². The quantitative estimate of drug-likeness (QED) is 0.757. The number of hydrogen-bond donors (Lipinski definition) is 1. The van der Waals surface area contributed by atoms with E-state index in [1.807, 2.05) is 6.92 Å². The molecule has 0 bridgehead atoms. The number of likely N-dealkylation sites (tertiary alicyclic amines) is 1. The molecule has 2 heterocycles. The predicted molar refractivity (Wildman–Crippen MR) is 96.2 cm³/mol. The van der Waals surface area contributed by atoms with E-state index < -0.39 is 29.8 Å². The molecular formula is C19H21F5N4O. The monoisotopic (exact) mass is 416 g/mol. The smallest absolute Gasteiger partial charge is 0.349 e. The van der Waals surface area contributed by atoms with Crippen molar-refractivity contribution in [2.45, 2.75) is 38.4 Å². The number of nitrogens with one attached hydrogen (secondary N) is 1. The van der Waals surface area contributed by atoms with Gasteiger partial charge in [0.15, 0.2) is 5.69 Å². The van der Waals surface area contributed by atoms with E-state index in [2.05, 4.69) is 10.4 Å². The fourth-order valence-electron chi connectivity index (χ4n) is 3.39. The number of nitrogens with zero attached hydrogens (tertiary/aromatic N) is 3. The lowest BCUT2D eigenvalue weighted by molar-refractivity contribution is -0.143. The molecule has 1 N–H and O–H groups in total. The number of carbonyl (C=O) groups is 1. The molecule has 0 spiro atoms. The first kappa shape index (κ1) is 21.2. The summed E-state index contributed by atoms with van der Waals surface area (Å²) in [6.07, 6.45) is -5.53. The first-order valence-electron chi connectivity index (χ1n) is 9.19. The maximum absolute atomic E-state index is 13.7. The van der Waals surface area contributed by atoms with Crippen molar-refractivity contribution in [3.05, 3.63) is 47.3 Å². The van der Waals surface area contributed by atoms with E-state index in [1.165, 1.54) is 12.1 Å². The SMILES string of the molecule is Cc1ccc(-n2ncc(C(=O)NC3CCN(CC(F)F)CC3)c2C(F)(F)F)cc1. The van der Waals surface area contributed by atoms with Crippen molar-refractivity contribution >= 4 is 5.91 Å². The Morgan fingerprint density at radius 2 is 1.83 bits per heavy atom. The molecule has 0 atom stereocenters. The molecule has 1 aliphatic rings. The van der Waals surface area contributed by atoms with Crippen LogP contribution in [0.4, 0.5) is 22.0 Å². The Labute approximate surface area is 164 Å². The standard InChI is InChI=1S/C19H21F5N4O/c1-12-2-4-14(5-3-12)28-17(19(22,23)24)15(10-25-28)18(29)26-13-6-8-27(9-7-13)11-16(20)21/h2-5,10,13,16H,6-9,11H2,1H3,(H,26,29). The van der Waals surface area contributed by atoms with Crippen molar-refractivity contribution in [1.82, 2.24) is 20.0 Å². The van der Waals surface area contributed by atoms with Crippen LogP contribution in [0.15, 0.2) is 30.5 Å². The lowest BCUT2D eigenvalue weighted by Crippen LogP contribution is -2.46. The molecule has 1 amide bonds. The van der Waals surface area contributed by atoms with Gasteiger partial charge in [0.25, 0.3) is 12.3 Å². The van der Waals surface area contributed by atoms with Gasteiger partial charge < -0.3 is 5.32 Å². The summed E-state index contributed by atoms with van der Waals surface area (Å²) in [5.74, 6) is -0.872. The summed E-state index contributed by atoms with van der Waals surface area (Å²) in [4.78, 5) is 14.1. The second kappa shape index (κ2) is 8.48. The van der Waals surface area contributed by atoms with Crippen LogP contribution in [0.3, 0.4) is 0 Å². The van der Waals surface area contributed by atoms with Crippen molar-refractivity contribution in [3.8, 4) is 5.69 Å². The fourth-order valence-corrected chi connectivity index (χ4v) is 3.39. The number of piperidine rings is 1. The fraction of sp³-hybridized carbons (Fsp3) is 0.474. The number of benzene rings is 1. The van der Waals surface area contributed by atoms with Gasteiger partial charge in [-0.2, -0.15) is 18.3 Å². The minimum atomic E-state index is -4.78. The molecule has 29 heavy (non-hydrogen) atoms. The zero-order chi connectivity index (χ0) is 21.2. The van der Waals surface area contributed by atoms with E-state index in [4.69, 9.17) is 0 Å². The van der Waals surface area contributed by atoms with E-state index in [-0.39, 0.29) is 18.3 Å². The highest BCUT2D eigenvalue weighted by molar-refractivity contribution is 5.95. The second-order valence-electron chi connectivity index (χ2n) is 7.09. The third kappa shape index (κ3) is 5.11. The molecule has 10 heteroatoms. The largest absolute Gasteiger partial charge is 0.434 e. The van der Waals surface area contributed by atoms with Gasteiger partial charge in [-0.3, -0.25) is 9.69 Å². The summed E-state index contributed by atoms with van der Waals surface area (Å²) in [7, 11) is 0. The van der Waals surface area contributed by atoms with Crippen molar-refractivity contribution in [2.75, 3.05) is 19.6 Å². The maximum Gasteiger partial charge on any atom is 0.434 e. The molecule has 0 radical (unpaired) electrons. The van der Waals surface area contributed by atoms with Gasteiger partial charge in [-0.1, -0.05) is 17.7 Å². The highest BCUT2D eigenvalue weighted by Gasteiger charge is 2.41. The van der Waals surface area contributed by atoms with E-state index >= 15 is 0 Å². The Hall–Kier alpha value is -2.49. The van der Waals surface area contributed by atoms with Crippen LogP contribution in [0.25, 0.3) is 5.69 Å². The van der Waals surface area contributed by atoms with E-state index in [0.29, 0.717) is 30.6 Å². The van der Waals surface area contributed by atoms with Gasteiger partial charge >= 0.3 is 6.18 Å². The van der Waals surface area contributed by atoms with Crippen LogP contribution in [-0.4, -0.2) is 52.7 Å². The third-order valence-electron chi connectivity index (χ3n) is 4.88. The Morgan fingerprint density at radius 1 is 1.21 bits per heavy atom. The molecule has 3 rings (SSSR count). The molecule has 1 saturated heterocycles. The van der Waals surface area contributed by atoms with Crippen molar-refractivity contribution in [3.63, 3.8) is 0 Å². The highest BCUT2D eigenvalue weighted by Crippen LogP contribution is 2.33. The zero-order valence-corrected chi connectivity index (χ0v) is 15.7. The molecule has 158 valence electrons. The normalized spacial score (nSPS) is 16.4. The Morgan fingerprint density at radius 3 is 2.38 bits per heavy atom. The molecule has 1 aromatic heterocycles. The molecule has 1 aromatic carbocycles. The van der Waals surface area contributed by atoms with Crippen LogP contribution in [0, 0.1) is 6.92 Å². The predicted octanol–water partition coefficient (Wildman–Crippen LogP) is 3.66. The Balaban J connectivity index is 1.76. The Kier molecular flexibility index (Phi) is 6.21. The highest BCUT2D eigenvalue weighted by atomic mass is 19.4. The number of amides is 1. The number of hydrogen-bond acceptors (Lipinski definition) is 3. The van der Waals surface area contributed by atoms with Gasteiger partial charge in [-0.15, -0.1) is 0 Å². The number of aryl methyl sites for hydroxylation is 1. The number of aromatic nitrogens is 2. The molecular weight excluding hydrogens is 395 g/mol. The van der Waals surface area contributed by atoms with Crippen molar-refractivity contribution in [2.24, 2.45) is 0 Å². The van der Waals surface area contributed by atoms with Crippen LogP contribution in [0.2, 0.25) is 0 Å². The van der Waals surface area contributed by atoms with Crippen LogP contribution < -0.4 is 5.32 Å².